The highest BCUT2D eigenvalue weighted by atomic mass is 16.1. The number of piperidine rings is 1. The maximum atomic E-state index is 12.4. The topological polar surface area (TPSA) is 20.3 Å². The fourth-order valence-electron chi connectivity index (χ4n) is 3.78. The van der Waals surface area contributed by atoms with Gasteiger partial charge >= 0.3 is 0 Å². The summed E-state index contributed by atoms with van der Waals surface area (Å²) in [6, 6.07) is 7.86. The van der Waals surface area contributed by atoms with Gasteiger partial charge in [-0.25, -0.2) is 0 Å². The largest absolute Gasteiger partial charge is 0.375 e. The molecule has 2 aliphatic rings. The van der Waals surface area contributed by atoms with Crippen LogP contribution in [0.15, 0.2) is 47.7 Å². The minimum absolute atomic E-state index is 0.116. The summed E-state index contributed by atoms with van der Waals surface area (Å²) in [7, 11) is 0. The van der Waals surface area contributed by atoms with E-state index in [1.807, 2.05) is 31.2 Å². The number of hydrogen-bond acceptors (Lipinski definition) is 2. The summed E-state index contributed by atoms with van der Waals surface area (Å²) < 4.78 is 0. The Morgan fingerprint density at radius 3 is 2.33 bits per heavy atom. The molecule has 3 rings (SSSR count). The monoisotopic (exact) mass is 323 g/mol. The quantitative estimate of drug-likeness (QED) is 0.543. The number of carbonyl (C=O) groups is 1. The lowest BCUT2D eigenvalue weighted by Gasteiger charge is -2.32. The van der Waals surface area contributed by atoms with Gasteiger partial charge in [0.15, 0.2) is 5.78 Å². The molecule has 1 saturated heterocycles. The molecule has 1 aliphatic carbocycles. The Bertz CT molecular complexity index is 618. The van der Waals surface area contributed by atoms with Gasteiger partial charge in [0.25, 0.3) is 0 Å². The summed E-state index contributed by atoms with van der Waals surface area (Å²) in [5.74, 6) is 0.116. The fraction of sp³-hybridized carbons (Fsp3) is 0.500. The maximum absolute atomic E-state index is 12.4. The van der Waals surface area contributed by atoms with Crippen LogP contribution < -0.4 is 0 Å². The first-order valence-electron chi connectivity index (χ1n) is 9.50. The average molecular weight is 323 g/mol. The zero-order chi connectivity index (χ0) is 16.8. The molecule has 1 aromatic carbocycles. The van der Waals surface area contributed by atoms with Crippen molar-refractivity contribution in [3.05, 3.63) is 58.8 Å². The number of nitrogens with zero attached hydrogens (tertiary/aromatic N) is 1. The molecule has 0 amide bonds. The van der Waals surface area contributed by atoms with Gasteiger partial charge in [-0.05, 0) is 63.5 Å². The van der Waals surface area contributed by atoms with Crippen LogP contribution in [0.2, 0.25) is 0 Å². The van der Waals surface area contributed by atoms with Crippen molar-refractivity contribution in [3.8, 4) is 0 Å². The van der Waals surface area contributed by atoms with E-state index >= 15 is 0 Å². The molecule has 0 spiro atoms. The molecule has 128 valence electrons. The van der Waals surface area contributed by atoms with Crippen molar-refractivity contribution in [2.24, 2.45) is 0 Å². The third-order valence-electron chi connectivity index (χ3n) is 5.24. The third kappa shape index (κ3) is 4.37. The molecule has 1 heterocycles. The Labute approximate surface area is 146 Å². The molecule has 24 heavy (non-hydrogen) atoms. The molecule has 0 atom stereocenters. The highest BCUT2D eigenvalue weighted by Crippen LogP contribution is 2.29. The van der Waals surface area contributed by atoms with Crippen LogP contribution in [-0.2, 0) is 0 Å². The molecule has 1 aromatic rings. The van der Waals surface area contributed by atoms with E-state index in [2.05, 4.69) is 11.0 Å². The lowest BCUT2D eigenvalue weighted by atomic mass is 10.0. The lowest BCUT2D eigenvalue weighted by Crippen LogP contribution is -2.29. The van der Waals surface area contributed by atoms with Crippen LogP contribution in [0.4, 0.5) is 0 Å². The second-order valence-corrected chi connectivity index (χ2v) is 7.14. The van der Waals surface area contributed by atoms with Crippen LogP contribution in [-0.4, -0.2) is 23.8 Å². The van der Waals surface area contributed by atoms with Crippen molar-refractivity contribution < 1.29 is 4.79 Å². The van der Waals surface area contributed by atoms with E-state index in [1.54, 1.807) is 6.08 Å². The molecule has 2 heteroatoms. The molecule has 1 fully saturated rings. The SMILES string of the molecule is Cc1ccc(C(=O)/C=C\C2=C(N3CCCCC3)CCCCC2)cc1. The van der Waals surface area contributed by atoms with E-state index in [-0.39, 0.29) is 5.78 Å². The smallest absolute Gasteiger partial charge is 0.185 e. The lowest BCUT2D eigenvalue weighted by molar-refractivity contribution is 0.104. The van der Waals surface area contributed by atoms with Gasteiger partial charge < -0.3 is 4.90 Å². The van der Waals surface area contributed by atoms with Crippen LogP contribution in [0.25, 0.3) is 0 Å². The number of carbonyl (C=O) groups excluding carboxylic acids is 1. The molecule has 0 saturated carbocycles. The zero-order valence-electron chi connectivity index (χ0n) is 14.9. The van der Waals surface area contributed by atoms with Crippen LogP contribution >= 0.6 is 0 Å². The number of hydrogen-bond donors (Lipinski definition) is 0. The first-order chi connectivity index (χ1) is 11.7. The summed E-state index contributed by atoms with van der Waals surface area (Å²) in [5.41, 5.74) is 4.88. The van der Waals surface area contributed by atoms with E-state index in [4.69, 9.17) is 0 Å². The minimum Gasteiger partial charge on any atom is -0.375 e. The number of allylic oxidation sites excluding steroid dienone is 4. The zero-order valence-corrected chi connectivity index (χ0v) is 14.9. The van der Waals surface area contributed by atoms with Gasteiger partial charge in [-0.1, -0.05) is 42.3 Å². The van der Waals surface area contributed by atoms with Crippen LogP contribution in [0.1, 0.15) is 67.3 Å². The normalized spacial score (nSPS) is 19.6. The Kier molecular flexibility index (Phi) is 5.90. The molecule has 0 aromatic heterocycles. The van der Waals surface area contributed by atoms with Crippen molar-refractivity contribution in [1.29, 1.82) is 0 Å². The number of rotatable bonds is 4. The highest BCUT2D eigenvalue weighted by molar-refractivity contribution is 6.04. The van der Waals surface area contributed by atoms with Crippen LogP contribution in [0.5, 0.6) is 0 Å². The first-order valence-corrected chi connectivity index (χ1v) is 9.50. The van der Waals surface area contributed by atoms with Gasteiger partial charge in [0, 0.05) is 24.4 Å². The number of likely N-dealkylation sites (tertiary alicyclic amines) is 1. The molecule has 2 nitrogen and oxygen atoms in total. The molecule has 0 radical (unpaired) electrons. The van der Waals surface area contributed by atoms with Crippen molar-refractivity contribution >= 4 is 5.78 Å². The van der Waals surface area contributed by atoms with E-state index in [0.29, 0.717) is 0 Å². The Morgan fingerprint density at radius 1 is 0.917 bits per heavy atom. The molecule has 0 unspecified atom stereocenters. The van der Waals surface area contributed by atoms with E-state index in [9.17, 15) is 4.79 Å². The Balaban J connectivity index is 1.78. The van der Waals surface area contributed by atoms with Gasteiger partial charge in [-0.15, -0.1) is 0 Å². The summed E-state index contributed by atoms with van der Waals surface area (Å²) in [6.07, 6.45) is 14.0. The van der Waals surface area contributed by atoms with E-state index < -0.39 is 0 Å². The van der Waals surface area contributed by atoms with E-state index in [1.165, 1.54) is 74.9 Å². The van der Waals surface area contributed by atoms with Gasteiger partial charge in [0.2, 0.25) is 0 Å². The predicted octanol–water partition coefficient (Wildman–Crippen LogP) is 5.44. The first kappa shape index (κ1) is 17.0. The number of ketones is 1. The van der Waals surface area contributed by atoms with Gasteiger partial charge in [0.05, 0.1) is 0 Å². The van der Waals surface area contributed by atoms with E-state index in [0.717, 1.165) is 12.0 Å². The second kappa shape index (κ2) is 8.32. The highest BCUT2D eigenvalue weighted by Gasteiger charge is 2.18. The average Bonchev–Trinajstić information content (AvgIpc) is 2.86. The molecule has 0 N–H and O–H groups in total. The van der Waals surface area contributed by atoms with Gasteiger partial charge in [0.1, 0.15) is 0 Å². The summed E-state index contributed by atoms with van der Waals surface area (Å²) in [4.78, 5) is 15.0. The fourth-order valence-corrected chi connectivity index (χ4v) is 3.78. The Morgan fingerprint density at radius 2 is 1.58 bits per heavy atom. The second-order valence-electron chi connectivity index (χ2n) is 7.14. The van der Waals surface area contributed by atoms with Crippen molar-refractivity contribution in [1.82, 2.24) is 4.90 Å². The molecular formula is C22H29NO. The van der Waals surface area contributed by atoms with Gasteiger partial charge in [-0.2, -0.15) is 0 Å². The van der Waals surface area contributed by atoms with Gasteiger partial charge in [-0.3, -0.25) is 4.79 Å². The molecule has 1 aliphatic heterocycles. The number of benzene rings is 1. The minimum atomic E-state index is 0.116. The summed E-state index contributed by atoms with van der Waals surface area (Å²) in [6.45, 7) is 4.43. The van der Waals surface area contributed by atoms with Crippen molar-refractivity contribution in [2.75, 3.05) is 13.1 Å². The Hall–Kier alpha value is -1.83. The maximum Gasteiger partial charge on any atom is 0.185 e. The molecular weight excluding hydrogens is 294 g/mol. The van der Waals surface area contributed by atoms with Crippen LogP contribution in [0.3, 0.4) is 0 Å². The summed E-state index contributed by atoms with van der Waals surface area (Å²) in [5, 5.41) is 0. The third-order valence-corrected chi connectivity index (χ3v) is 5.24. The summed E-state index contributed by atoms with van der Waals surface area (Å²) >= 11 is 0. The van der Waals surface area contributed by atoms with Crippen molar-refractivity contribution in [3.63, 3.8) is 0 Å². The number of aryl methyl sites for hydroxylation is 1. The standard InChI is InChI=1S/C22H29NO/c1-18-10-12-20(13-11-18)22(24)15-14-19-8-4-2-5-9-21(19)23-16-6-3-7-17-23/h10-15H,2-9,16-17H2,1H3/b15-14-. The molecule has 0 bridgehead atoms. The van der Waals surface area contributed by atoms with Crippen molar-refractivity contribution in [2.45, 2.75) is 58.3 Å². The van der Waals surface area contributed by atoms with Crippen LogP contribution in [0, 0.1) is 6.92 Å². The predicted molar refractivity (Wildman–Crippen MR) is 100 cm³/mol.